The van der Waals surface area contributed by atoms with Gasteiger partial charge in [-0.2, -0.15) is 0 Å². The maximum Gasteiger partial charge on any atom is 0.121 e. The molecule has 3 aromatic rings. The van der Waals surface area contributed by atoms with Gasteiger partial charge < -0.3 is 9.88 Å². The van der Waals surface area contributed by atoms with Gasteiger partial charge >= 0.3 is 0 Å². The van der Waals surface area contributed by atoms with Gasteiger partial charge in [-0.15, -0.1) is 0 Å². The zero-order chi connectivity index (χ0) is 14.8. The van der Waals surface area contributed by atoms with E-state index in [1.165, 1.54) is 5.69 Å². The minimum absolute atomic E-state index is 0.888. The Labute approximate surface area is 129 Å². The fourth-order valence-electron chi connectivity index (χ4n) is 3.01. The van der Waals surface area contributed by atoms with Crippen molar-refractivity contribution in [3.63, 3.8) is 0 Å². The molecular weight excluding hydrogens is 274 g/mol. The minimum Gasteiger partial charge on any atom is -0.369 e. The molecule has 1 fully saturated rings. The van der Waals surface area contributed by atoms with Gasteiger partial charge in [0.1, 0.15) is 5.82 Å². The zero-order valence-corrected chi connectivity index (χ0v) is 12.4. The zero-order valence-electron chi connectivity index (χ0n) is 12.4. The van der Waals surface area contributed by atoms with Crippen molar-refractivity contribution >= 4 is 16.7 Å². The van der Waals surface area contributed by atoms with Crippen molar-refractivity contribution in [1.29, 1.82) is 0 Å². The summed E-state index contributed by atoms with van der Waals surface area (Å²) < 4.78 is 0. The van der Waals surface area contributed by atoms with E-state index in [-0.39, 0.29) is 0 Å². The molecule has 1 N–H and O–H groups in total. The first-order valence-electron chi connectivity index (χ1n) is 7.69. The van der Waals surface area contributed by atoms with Crippen molar-refractivity contribution in [3.05, 3.63) is 54.6 Å². The number of aromatic nitrogens is 3. The monoisotopic (exact) mass is 293 g/mol. The van der Waals surface area contributed by atoms with Crippen LogP contribution < -0.4 is 4.90 Å². The lowest BCUT2D eigenvalue weighted by atomic mass is 10.2. The number of hydrogen-bond donors (Lipinski definition) is 1. The van der Waals surface area contributed by atoms with Crippen LogP contribution in [0, 0.1) is 0 Å². The van der Waals surface area contributed by atoms with Gasteiger partial charge in [-0.05, 0) is 24.3 Å². The highest BCUT2D eigenvalue weighted by atomic mass is 15.3. The topological polar surface area (TPSA) is 48.1 Å². The molecule has 1 aliphatic heterocycles. The molecule has 0 unspecified atom stereocenters. The molecule has 0 saturated carbocycles. The summed E-state index contributed by atoms with van der Waals surface area (Å²) in [4.78, 5) is 17.0. The smallest absolute Gasteiger partial charge is 0.121 e. The average molecular weight is 293 g/mol. The van der Waals surface area contributed by atoms with Crippen LogP contribution in [0.5, 0.6) is 0 Å². The molecule has 0 aliphatic carbocycles. The van der Waals surface area contributed by atoms with Crippen LogP contribution in [0.15, 0.2) is 48.8 Å². The summed E-state index contributed by atoms with van der Waals surface area (Å²) in [6.45, 7) is 5.09. The normalized spacial score (nSPS) is 16.3. The third kappa shape index (κ3) is 2.67. The number of benzene rings is 1. The van der Waals surface area contributed by atoms with Gasteiger partial charge in [-0.3, -0.25) is 9.88 Å². The van der Waals surface area contributed by atoms with Gasteiger partial charge in [0.25, 0.3) is 0 Å². The number of hydrogen-bond acceptors (Lipinski definition) is 4. The number of nitrogens with one attached hydrogen (secondary N) is 1. The highest BCUT2D eigenvalue weighted by Gasteiger charge is 2.18. The van der Waals surface area contributed by atoms with E-state index >= 15 is 0 Å². The van der Waals surface area contributed by atoms with E-state index in [9.17, 15) is 0 Å². The molecule has 112 valence electrons. The number of pyridine rings is 1. The molecule has 5 heteroatoms. The lowest BCUT2D eigenvalue weighted by molar-refractivity contribution is 0.245. The van der Waals surface area contributed by atoms with Crippen LogP contribution in [0.25, 0.3) is 11.0 Å². The molecule has 0 spiro atoms. The predicted molar refractivity (Wildman–Crippen MR) is 87.8 cm³/mol. The number of piperazine rings is 1. The third-order valence-corrected chi connectivity index (χ3v) is 4.21. The second-order valence-corrected chi connectivity index (χ2v) is 5.67. The number of imidazole rings is 1. The molecule has 1 saturated heterocycles. The first-order chi connectivity index (χ1) is 10.9. The third-order valence-electron chi connectivity index (χ3n) is 4.21. The maximum absolute atomic E-state index is 4.66. The number of anilines is 1. The summed E-state index contributed by atoms with van der Waals surface area (Å²) in [6, 6.07) is 12.4. The van der Waals surface area contributed by atoms with Crippen molar-refractivity contribution in [2.24, 2.45) is 0 Å². The lowest BCUT2D eigenvalue weighted by Gasteiger charge is -2.35. The summed E-state index contributed by atoms with van der Waals surface area (Å²) in [5.74, 6) is 1.05. The largest absolute Gasteiger partial charge is 0.369 e. The fraction of sp³-hybridized carbons (Fsp3) is 0.294. The summed E-state index contributed by atoms with van der Waals surface area (Å²) in [5, 5.41) is 0. The van der Waals surface area contributed by atoms with Gasteiger partial charge in [0.15, 0.2) is 0 Å². The average Bonchev–Trinajstić information content (AvgIpc) is 2.98. The summed E-state index contributed by atoms with van der Waals surface area (Å²) >= 11 is 0. The Kier molecular flexibility index (Phi) is 3.48. The van der Waals surface area contributed by atoms with Crippen molar-refractivity contribution in [1.82, 2.24) is 19.9 Å². The van der Waals surface area contributed by atoms with E-state index in [0.29, 0.717) is 0 Å². The number of nitrogens with zero attached hydrogens (tertiary/aromatic N) is 4. The predicted octanol–water partition coefficient (Wildman–Crippen LogP) is 2.28. The Morgan fingerprint density at radius 3 is 2.50 bits per heavy atom. The van der Waals surface area contributed by atoms with Crippen molar-refractivity contribution in [3.8, 4) is 0 Å². The van der Waals surface area contributed by atoms with Gasteiger partial charge in [-0.1, -0.05) is 12.1 Å². The van der Waals surface area contributed by atoms with E-state index in [1.54, 1.807) is 0 Å². The van der Waals surface area contributed by atoms with Crippen LogP contribution in [0.3, 0.4) is 0 Å². The van der Waals surface area contributed by atoms with Crippen LogP contribution >= 0.6 is 0 Å². The molecule has 0 amide bonds. The van der Waals surface area contributed by atoms with E-state index < -0.39 is 0 Å². The summed E-state index contributed by atoms with van der Waals surface area (Å²) in [6.07, 6.45) is 3.71. The van der Waals surface area contributed by atoms with Crippen LogP contribution in [-0.4, -0.2) is 46.0 Å². The molecule has 22 heavy (non-hydrogen) atoms. The van der Waals surface area contributed by atoms with E-state index in [1.807, 2.05) is 24.5 Å². The molecule has 1 aromatic carbocycles. The molecule has 3 heterocycles. The van der Waals surface area contributed by atoms with Gasteiger partial charge in [0, 0.05) is 44.3 Å². The molecule has 2 aromatic heterocycles. The van der Waals surface area contributed by atoms with Crippen molar-refractivity contribution < 1.29 is 0 Å². The van der Waals surface area contributed by atoms with Gasteiger partial charge in [-0.25, -0.2) is 4.98 Å². The highest BCUT2D eigenvalue weighted by molar-refractivity contribution is 5.74. The molecule has 0 atom stereocenters. The molecule has 4 rings (SSSR count). The Morgan fingerprint density at radius 1 is 0.955 bits per heavy atom. The second kappa shape index (κ2) is 5.77. The molecule has 0 bridgehead atoms. The molecule has 1 aliphatic rings. The minimum atomic E-state index is 0.888. The van der Waals surface area contributed by atoms with Crippen molar-refractivity contribution in [2.75, 3.05) is 31.1 Å². The number of rotatable bonds is 3. The quantitative estimate of drug-likeness (QED) is 0.805. The van der Waals surface area contributed by atoms with E-state index in [0.717, 1.165) is 49.6 Å². The Bertz CT molecular complexity index is 711. The van der Waals surface area contributed by atoms with Crippen LogP contribution in [0.4, 0.5) is 5.69 Å². The maximum atomic E-state index is 4.66. The van der Waals surface area contributed by atoms with Gasteiger partial charge in [0.2, 0.25) is 0 Å². The van der Waals surface area contributed by atoms with Crippen LogP contribution in [0.1, 0.15) is 5.82 Å². The Balaban J connectivity index is 1.39. The second-order valence-electron chi connectivity index (χ2n) is 5.67. The molecule has 5 nitrogen and oxygen atoms in total. The standard InChI is InChI=1S/C17H19N5/c1-2-4-16-15(3-1)19-17(20-16)13-21-9-11-22(12-10-21)14-5-7-18-8-6-14/h1-8H,9-13H2,(H,19,20). The fourth-order valence-corrected chi connectivity index (χ4v) is 3.01. The first-order valence-corrected chi connectivity index (χ1v) is 7.69. The molecular formula is C17H19N5. The summed E-state index contributed by atoms with van der Waals surface area (Å²) in [7, 11) is 0. The first kappa shape index (κ1) is 13.3. The molecule has 0 radical (unpaired) electrons. The summed E-state index contributed by atoms with van der Waals surface area (Å²) in [5.41, 5.74) is 3.43. The number of para-hydroxylation sites is 2. The van der Waals surface area contributed by atoms with Crippen LogP contribution in [-0.2, 0) is 6.54 Å². The number of fused-ring (bicyclic) bond motifs is 1. The van der Waals surface area contributed by atoms with E-state index in [4.69, 9.17) is 0 Å². The lowest BCUT2D eigenvalue weighted by Crippen LogP contribution is -2.46. The number of H-pyrrole nitrogens is 1. The highest BCUT2D eigenvalue weighted by Crippen LogP contribution is 2.16. The Hall–Kier alpha value is -2.40. The van der Waals surface area contributed by atoms with Gasteiger partial charge in [0.05, 0.1) is 17.6 Å². The number of aromatic amines is 1. The van der Waals surface area contributed by atoms with Crippen molar-refractivity contribution in [2.45, 2.75) is 6.54 Å². The van der Waals surface area contributed by atoms with E-state index in [2.05, 4.69) is 49.0 Å². The SMILES string of the molecule is c1ccc2[nH]c(CN3CCN(c4ccncc4)CC3)nc2c1. The van der Waals surface area contributed by atoms with Crippen LogP contribution in [0.2, 0.25) is 0 Å². The Morgan fingerprint density at radius 2 is 1.73 bits per heavy atom.